The van der Waals surface area contributed by atoms with Crippen LogP contribution in [0.1, 0.15) is 19.4 Å². The monoisotopic (exact) mass is 244 g/mol. The second-order valence-electron chi connectivity index (χ2n) is 4.31. The molecule has 6 heteroatoms. The number of aliphatic hydroxyl groups is 1. The predicted octanol–water partition coefficient (Wildman–Crippen LogP) is 0.186. The van der Waals surface area contributed by atoms with Crippen LogP contribution in [0, 0.1) is 0 Å². The van der Waals surface area contributed by atoms with Crippen LogP contribution in [0.25, 0.3) is 0 Å². The van der Waals surface area contributed by atoms with Crippen LogP contribution < -0.4 is 10.9 Å². The SMILES string of the molecule is CC(C)(CO)c1c(N)cccc1S(N)(=O)=O. The number of aliphatic hydroxyl groups excluding tert-OH is 1. The molecule has 0 spiro atoms. The summed E-state index contributed by atoms with van der Waals surface area (Å²) in [6, 6.07) is 4.49. The first-order chi connectivity index (χ1) is 7.20. The number of nitrogen functional groups attached to an aromatic ring is 1. The summed E-state index contributed by atoms with van der Waals surface area (Å²) in [6.45, 7) is 3.18. The fourth-order valence-corrected chi connectivity index (χ4v) is 2.54. The Morgan fingerprint density at radius 1 is 1.38 bits per heavy atom. The van der Waals surface area contributed by atoms with E-state index in [1.54, 1.807) is 19.9 Å². The molecule has 0 saturated carbocycles. The third kappa shape index (κ3) is 2.34. The smallest absolute Gasteiger partial charge is 0.238 e. The van der Waals surface area contributed by atoms with Gasteiger partial charge in [0.15, 0.2) is 0 Å². The Balaban J connectivity index is 3.61. The van der Waals surface area contributed by atoms with Crippen molar-refractivity contribution >= 4 is 15.7 Å². The molecule has 1 aromatic carbocycles. The molecule has 0 unspecified atom stereocenters. The summed E-state index contributed by atoms with van der Waals surface area (Å²) in [5.41, 5.74) is 5.66. The topological polar surface area (TPSA) is 106 Å². The largest absolute Gasteiger partial charge is 0.398 e. The van der Waals surface area contributed by atoms with E-state index in [0.717, 1.165) is 0 Å². The molecule has 0 heterocycles. The van der Waals surface area contributed by atoms with Crippen molar-refractivity contribution in [2.45, 2.75) is 24.2 Å². The highest BCUT2D eigenvalue weighted by molar-refractivity contribution is 7.89. The van der Waals surface area contributed by atoms with E-state index >= 15 is 0 Å². The third-order valence-electron chi connectivity index (χ3n) is 2.44. The first kappa shape index (κ1) is 13.0. The molecule has 0 amide bonds. The molecule has 90 valence electrons. The van der Waals surface area contributed by atoms with E-state index in [0.29, 0.717) is 11.3 Å². The zero-order valence-corrected chi connectivity index (χ0v) is 10.1. The van der Waals surface area contributed by atoms with Crippen molar-refractivity contribution in [2.24, 2.45) is 5.14 Å². The van der Waals surface area contributed by atoms with Crippen LogP contribution >= 0.6 is 0 Å². The fraction of sp³-hybridized carbons (Fsp3) is 0.400. The number of benzene rings is 1. The van der Waals surface area contributed by atoms with Gasteiger partial charge in [0, 0.05) is 16.7 Å². The van der Waals surface area contributed by atoms with Gasteiger partial charge in [0.25, 0.3) is 0 Å². The van der Waals surface area contributed by atoms with Crippen molar-refractivity contribution in [1.82, 2.24) is 0 Å². The number of hydrogen-bond donors (Lipinski definition) is 3. The lowest BCUT2D eigenvalue weighted by atomic mass is 9.84. The number of primary sulfonamides is 1. The molecule has 5 nitrogen and oxygen atoms in total. The second-order valence-corrected chi connectivity index (χ2v) is 5.84. The predicted molar refractivity (Wildman–Crippen MR) is 62.3 cm³/mol. The van der Waals surface area contributed by atoms with Crippen molar-refractivity contribution in [1.29, 1.82) is 0 Å². The van der Waals surface area contributed by atoms with Crippen LogP contribution in [0.2, 0.25) is 0 Å². The average molecular weight is 244 g/mol. The van der Waals surface area contributed by atoms with Gasteiger partial charge in [-0.1, -0.05) is 19.9 Å². The van der Waals surface area contributed by atoms with E-state index in [1.165, 1.54) is 12.1 Å². The minimum Gasteiger partial charge on any atom is -0.398 e. The third-order valence-corrected chi connectivity index (χ3v) is 3.39. The molecule has 0 aromatic heterocycles. The Morgan fingerprint density at radius 3 is 2.38 bits per heavy atom. The van der Waals surface area contributed by atoms with Gasteiger partial charge in [0.2, 0.25) is 10.0 Å². The van der Waals surface area contributed by atoms with Crippen LogP contribution in [0.5, 0.6) is 0 Å². The van der Waals surface area contributed by atoms with Crippen LogP contribution in [-0.2, 0) is 15.4 Å². The Kier molecular flexibility index (Phi) is 3.27. The van der Waals surface area contributed by atoms with E-state index in [-0.39, 0.29) is 11.5 Å². The van der Waals surface area contributed by atoms with Gasteiger partial charge in [-0.05, 0) is 12.1 Å². The number of rotatable bonds is 3. The van der Waals surface area contributed by atoms with Gasteiger partial charge in [-0.2, -0.15) is 0 Å². The Morgan fingerprint density at radius 2 is 1.94 bits per heavy atom. The van der Waals surface area contributed by atoms with Crippen LogP contribution in [0.4, 0.5) is 5.69 Å². The molecule has 16 heavy (non-hydrogen) atoms. The first-order valence-electron chi connectivity index (χ1n) is 4.73. The summed E-state index contributed by atoms with van der Waals surface area (Å²) in [5, 5.41) is 14.4. The van der Waals surface area contributed by atoms with Gasteiger partial charge < -0.3 is 10.8 Å². The Bertz CT molecular complexity index is 495. The average Bonchev–Trinajstić information content (AvgIpc) is 2.15. The van der Waals surface area contributed by atoms with Crippen molar-refractivity contribution < 1.29 is 13.5 Å². The molecule has 0 radical (unpaired) electrons. The quantitative estimate of drug-likeness (QED) is 0.659. The molecule has 5 N–H and O–H groups in total. The zero-order valence-electron chi connectivity index (χ0n) is 9.27. The number of nitrogens with two attached hydrogens (primary N) is 2. The van der Waals surface area contributed by atoms with Crippen molar-refractivity contribution in [3.63, 3.8) is 0 Å². The summed E-state index contributed by atoms with van der Waals surface area (Å²) in [4.78, 5) is -0.0356. The number of sulfonamides is 1. The molecule has 0 fully saturated rings. The number of anilines is 1. The molecule has 1 rings (SSSR count). The molecule has 1 aromatic rings. The molecule has 0 aliphatic heterocycles. The zero-order chi connectivity index (χ0) is 12.6. The first-order valence-corrected chi connectivity index (χ1v) is 6.27. The van der Waals surface area contributed by atoms with Gasteiger partial charge in [0.05, 0.1) is 11.5 Å². The van der Waals surface area contributed by atoms with Crippen LogP contribution in [0.15, 0.2) is 23.1 Å². The summed E-state index contributed by atoms with van der Waals surface area (Å²) in [7, 11) is -3.84. The minimum atomic E-state index is -3.84. The highest BCUT2D eigenvalue weighted by Gasteiger charge is 2.29. The highest BCUT2D eigenvalue weighted by atomic mass is 32.2. The van der Waals surface area contributed by atoms with Gasteiger partial charge in [0.1, 0.15) is 0 Å². The summed E-state index contributed by atoms with van der Waals surface area (Å²) < 4.78 is 22.8. The summed E-state index contributed by atoms with van der Waals surface area (Å²) in [6.07, 6.45) is 0. The van der Waals surface area contributed by atoms with Crippen LogP contribution in [-0.4, -0.2) is 20.1 Å². The van der Waals surface area contributed by atoms with E-state index < -0.39 is 15.4 Å². The molecule has 0 aliphatic rings. The molecular weight excluding hydrogens is 228 g/mol. The van der Waals surface area contributed by atoms with E-state index in [1.807, 2.05) is 0 Å². The Hall–Kier alpha value is -1.11. The van der Waals surface area contributed by atoms with Crippen molar-refractivity contribution in [3.05, 3.63) is 23.8 Å². The minimum absolute atomic E-state index is 0.0356. The van der Waals surface area contributed by atoms with E-state index in [2.05, 4.69) is 0 Å². The maximum Gasteiger partial charge on any atom is 0.238 e. The van der Waals surface area contributed by atoms with E-state index in [4.69, 9.17) is 10.9 Å². The summed E-state index contributed by atoms with van der Waals surface area (Å²) >= 11 is 0. The maximum atomic E-state index is 11.4. The van der Waals surface area contributed by atoms with Crippen molar-refractivity contribution in [3.8, 4) is 0 Å². The van der Waals surface area contributed by atoms with Gasteiger partial charge in [-0.15, -0.1) is 0 Å². The van der Waals surface area contributed by atoms with Gasteiger partial charge in [-0.3, -0.25) is 0 Å². The molecule has 0 atom stereocenters. The second kappa shape index (κ2) is 4.04. The Labute approximate surface area is 95.1 Å². The summed E-state index contributed by atoms with van der Waals surface area (Å²) in [5.74, 6) is 0. The van der Waals surface area contributed by atoms with Crippen molar-refractivity contribution in [2.75, 3.05) is 12.3 Å². The standard InChI is InChI=1S/C10H16N2O3S/c1-10(2,6-13)9-7(11)4-3-5-8(9)16(12,14)15/h3-5,13H,6,11H2,1-2H3,(H2,12,14,15). The fourth-order valence-electron chi connectivity index (χ4n) is 1.59. The molecule has 0 aliphatic carbocycles. The highest BCUT2D eigenvalue weighted by Crippen LogP contribution is 2.33. The molecule has 0 bridgehead atoms. The lowest BCUT2D eigenvalue weighted by molar-refractivity contribution is 0.217. The van der Waals surface area contributed by atoms with Crippen LogP contribution in [0.3, 0.4) is 0 Å². The van der Waals surface area contributed by atoms with Gasteiger partial charge >= 0.3 is 0 Å². The maximum absolute atomic E-state index is 11.4. The number of hydrogen-bond acceptors (Lipinski definition) is 4. The molecular formula is C10H16N2O3S. The lowest BCUT2D eigenvalue weighted by Crippen LogP contribution is -2.28. The lowest BCUT2D eigenvalue weighted by Gasteiger charge is -2.26. The van der Waals surface area contributed by atoms with Gasteiger partial charge in [-0.25, -0.2) is 13.6 Å². The van der Waals surface area contributed by atoms with E-state index in [9.17, 15) is 13.5 Å². The molecule has 0 saturated heterocycles. The normalized spacial score (nSPS) is 12.8.